The number of nitrogens with one attached hydrogen (secondary N) is 2. The van der Waals surface area contributed by atoms with Gasteiger partial charge in [-0.05, 0) is 17.7 Å². The molecule has 7 nitrogen and oxygen atoms in total. The number of hydrogen-bond acceptors (Lipinski definition) is 5. The summed E-state index contributed by atoms with van der Waals surface area (Å²) in [5.41, 5.74) is 1.39. The summed E-state index contributed by atoms with van der Waals surface area (Å²) in [6.45, 7) is 0.101. The number of rotatable bonds is 3. The zero-order valence-electron chi connectivity index (χ0n) is 13.1. The first-order chi connectivity index (χ1) is 11.7. The average molecular weight is 327 g/mol. The van der Waals surface area contributed by atoms with Crippen molar-refractivity contribution in [2.45, 2.75) is 6.61 Å². The maximum absolute atomic E-state index is 11.9. The van der Waals surface area contributed by atoms with Crippen LogP contribution in [0.2, 0.25) is 0 Å². The van der Waals surface area contributed by atoms with Crippen LogP contribution in [0.3, 0.4) is 0 Å². The van der Waals surface area contributed by atoms with Crippen molar-refractivity contribution >= 4 is 23.8 Å². The van der Waals surface area contributed by atoms with Gasteiger partial charge in [-0.3, -0.25) is 10.6 Å². The van der Waals surface area contributed by atoms with Crippen LogP contribution < -0.4 is 10.6 Å². The fourth-order valence-corrected chi connectivity index (χ4v) is 1.72. The number of carbonyl (C=O) groups excluding carboxylic acids is 2. The van der Waals surface area contributed by atoms with Gasteiger partial charge in [0.15, 0.2) is 0 Å². The third-order valence-corrected chi connectivity index (χ3v) is 2.84. The van der Waals surface area contributed by atoms with Gasteiger partial charge >= 0.3 is 12.2 Å². The molecule has 0 aromatic heterocycles. The van der Waals surface area contributed by atoms with E-state index in [-0.39, 0.29) is 12.6 Å². The number of guanidine groups is 1. The molecule has 2 aromatic carbocycles. The Bertz CT molecular complexity index is 702. The van der Waals surface area contributed by atoms with Crippen LogP contribution in [0.5, 0.6) is 0 Å². The number of nitrogens with zero attached hydrogens (tertiary/aromatic N) is 1. The minimum atomic E-state index is -0.756. The van der Waals surface area contributed by atoms with E-state index in [4.69, 9.17) is 4.74 Å². The van der Waals surface area contributed by atoms with E-state index in [1.54, 1.807) is 24.3 Å². The molecule has 7 heteroatoms. The molecule has 0 heterocycles. The van der Waals surface area contributed by atoms with Gasteiger partial charge in [0.25, 0.3) is 0 Å². The van der Waals surface area contributed by atoms with E-state index in [0.29, 0.717) is 5.69 Å². The minimum Gasteiger partial charge on any atom is -0.453 e. The van der Waals surface area contributed by atoms with Crippen LogP contribution in [0.1, 0.15) is 5.56 Å². The maximum atomic E-state index is 11.9. The Labute approximate surface area is 139 Å². The summed E-state index contributed by atoms with van der Waals surface area (Å²) >= 11 is 0. The van der Waals surface area contributed by atoms with Crippen LogP contribution in [0.25, 0.3) is 0 Å². The molecule has 0 saturated carbocycles. The summed E-state index contributed by atoms with van der Waals surface area (Å²) in [5.74, 6) is -0.0916. The van der Waals surface area contributed by atoms with Crippen molar-refractivity contribution < 1.29 is 19.1 Å². The van der Waals surface area contributed by atoms with Crippen molar-refractivity contribution in [3.8, 4) is 0 Å². The van der Waals surface area contributed by atoms with E-state index in [9.17, 15) is 9.59 Å². The van der Waals surface area contributed by atoms with Crippen LogP contribution >= 0.6 is 0 Å². The zero-order valence-corrected chi connectivity index (χ0v) is 13.1. The second kappa shape index (κ2) is 8.94. The van der Waals surface area contributed by atoms with Gasteiger partial charge in [-0.15, -0.1) is 0 Å². The lowest BCUT2D eigenvalue weighted by Crippen LogP contribution is -2.43. The topological polar surface area (TPSA) is 89.0 Å². The molecule has 2 amide bonds. The second-order valence-corrected chi connectivity index (χ2v) is 4.60. The van der Waals surface area contributed by atoms with E-state index in [1.807, 2.05) is 36.4 Å². The van der Waals surface area contributed by atoms with Crippen LogP contribution in [0.4, 0.5) is 15.3 Å². The Morgan fingerprint density at radius 2 is 1.50 bits per heavy atom. The van der Waals surface area contributed by atoms with Gasteiger partial charge in [0.2, 0.25) is 5.96 Å². The Balaban J connectivity index is 2.00. The van der Waals surface area contributed by atoms with E-state index < -0.39 is 12.2 Å². The number of amides is 2. The minimum absolute atomic E-state index is 0.0916. The Morgan fingerprint density at radius 1 is 0.917 bits per heavy atom. The molecular formula is C17H17N3O4. The third kappa shape index (κ3) is 5.80. The molecule has 0 aliphatic heterocycles. The molecule has 2 aromatic rings. The van der Waals surface area contributed by atoms with Crippen LogP contribution in [-0.2, 0) is 16.1 Å². The number of benzene rings is 2. The molecule has 0 unspecified atom stereocenters. The fraction of sp³-hybridized carbons (Fsp3) is 0.118. The Kier molecular flexibility index (Phi) is 6.34. The summed E-state index contributed by atoms with van der Waals surface area (Å²) in [6, 6.07) is 18.0. The van der Waals surface area contributed by atoms with Crippen molar-refractivity contribution in [1.82, 2.24) is 10.6 Å². The van der Waals surface area contributed by atoms with Crippen molar-refractivity contribution in [3.05, 3.63) is 66.2 Å². The highest BCUT2D eigenvalue weighted by atomic mass is 16.6. The molecule has 0 bridgehead atoms. The smallest absolute Gasteiger partial charge is 0.414 e. The van der Waals surface area contributed by atoms with E-state index in [2.05, 4.69) is 20.4 Å². The quantitative estimate of drug-likeness (QED) is 0.670. The van der Waals surface area contributed by atoms with Crippen molar-refractivity contribution in [1.29, 1.82) is 0 Å². The standard InChI is InChI=1S/C17H17N3O4/c1-23-16(21)19-15(18-14-10-6-3-7-11-14)20-17(22)24-12-13-8-4-2-5-9-13/h2-11H,12H2,1H3,(H2,18,19,20,21,22). The van der Waals surface area contributed by atoms with Crippen molar-refractivity contribution in [2.24, 2.45) is 4.99 Å². The lowest BCUT2D eigenvalue weighted by atomic mass is 10.2. The summed E-state index contributed by atoms with van der Waals surface area (Å²) in [7, 11) is 1.21. The van der Waals surface area contributed by atoms with Gasteiger partial charge in [-0.1, -0.05) is 48.5 Å². The van der Waals surface area contributed by atoms with Gasteiger partial charge in [0, 0.05) is 0 Å². The first kappa shape index (κ1) is 17.0. The molecule has 24 heavy (non-hydrogen) atoms. The zero-order chi connectivity index (χ0) is 17.2. The van der Waals surface area contributed by atoms with E-state index >= 15 is 0 Å². The monoisotopic (exact) mass is 327 g/mol. The first-order valence-corrected chi connectivity index (χ1v) is 7.14. The SMILES string of the molecule is COC(=O)NC(=Nc1ccccc1)NC(=O)OCc1ccccc1. The summed E-state index contributed by atoms with van der Waals surface area (Å²) in [6.07, 6.45) is -1.50. The predicted molar refractivity (Wildman–Crippen MR) is 88.8 cm³/mol. The van der Waals surface area contributed by atoms with Gasteiger partial charge in [-0.2, -0.15) is 0 Å². The fourth-order valence-electron chi connectivity index (χ4n) is 1.72. The Hall–Kier alpha value is -3.35. The largest absolute Gasteiger partial charge is 0.453 e. The van der Waals surface area contributed by atoms with E-state index in [1.165, 1.54) is 7.11 Å². The highest BCUT2D eigenvalue weighted by Gasteiger charge is 2.11. The summed E-state index contributed by atoms with van der Waals surface area (Å²) in [5, 5.41) is 4.70. The number of aliphatic imine (C=N–C) groups is 1. The molecule has 124 valence electrons. The van der Waals surface area contributed by atoms with Crippen LogP contribution in [0, 0.1) is 0 Å². The lowest BCUT2D eigenvalue weighted by molar-refractivity contribution is 0.144. The average Bonchev–Trinajstić information content (AvgIpc) is 2.61. The number of hydrogen-bond donors (Lipinski definition) is 2. The van der Waals surface area contributed by atoms with Crippen LogP contribution in [-0.4, -0.2) is 25.3 Å². The molecule has 2 N–H and O–H groups in total. The second-order valence-electron chi connectivity index (χ2n) is 4.60. The normalized spacial score (nSPS) is 10.6. The maximum Gasteiger partial charge on any atom is 0.414 e. The van der Waals surface area contributed by atoms with Gasteiger partial charge in [0.1, 0.15) is 6.61 Å². The highest BCUT2D eigenvalue weighted by molar-refractivity contribution is 6.02. The molecule has 0 saturated heterocycles. The summed E-state index contributed by atoms with van der Waals surface area (Å²) < 4.78 is 9.59. The van der Waals surface area contributed by atoms with E-state index in [0.717, 1.165) is 5.56 Å². The number of para-hydroxylation sites is 1. The van der Waals surface area contributed by atoms with Crippen LogP contribution in [0.15, 0.2) is 65.7 Å². The predicted octanol–water partition coefficient (Wildman–Crippen LogP) is 2.96. The lowest BCUT2D eigenvalue weighted by Gasteiger charge is -2.10. The van der Waals surface area contributed by atoms with Crippen molar-refractivity contribution in [2.75, 3.05) is 7.11 Å². The third-order valence-electron chi connectivity index (χ3n) is 2.84. The molecule has 0 radical (unpaired) electrons. The van der Waals surface area contributed by atoms with Gasteiger partial charge in [0.05, 0.1) is 12.8 Å². The number of ether oxygens (including phenoxy) is 2. The first-order valence-electron chi connectivity index (χ1n) is 7.14. The molecule has 0 atom stereocenters. The molecule has 0 aliphatic rings. The number of alkyl carbamates (subject to hydrolysis) is 2. The molecule has 0 spiro atoms. The number of carbonyl (C=O) groups is 2. The Morgan fingerprint density at radius 3 is 2.12 bits per heavy atom. The molecule has 0 fully saturated rings. The van der Waals surface area contributed by atoms with Gasteiger partial charge < -0.3 is 9.47 Å². The summed E-state index contributed by atoms with van der Waals surface area (Å²) in [4.78, 5) is 27.4. The number of methoxy groups -OCH3 is 1. The molecule has 2 rings (SSSR count). The van der Waals surface area contributed by atoms with Gasteiger partial charge in [-0.25, -0.2) is 14.6 Å². The highest BCUT2D eigenvalue weighted by Crippen LogP contribution is 2.09. The van der Waals surface area contributed by atoms with Crippen molar-refractivity contribution in [3.63, 3.8) is 0 Å². The molecule has 0 aliphatic carbocycles. The molecular weight excluding hydrogens is 310 g/mol.